The zero-order chi connectivity index (χ0) is 14.7. The number of nitrogens with zero attached hydrogens (tertiary/aromatic N) is 1. The van der Waals surface area contributed by atoms with Gasteiger partial charge in [-0.1, -0.05) is 25.7 Å². The Morgan fingerprint density at radius 2 is 1.86 bits per heavy atom. The molecule has 0 unspecified atom stereocenters. The molecular weight excluding hydrogens is 276 g/mol. The SMILES string of the molecule is Cc1sc(CNC2CC2)cc1CN(C)C1CCCCCC1. The van der Waals surface area contributed by atoms with E-state index in [9.17, 15) is 0 Å². The van der Waals surface area contributed by atoms with E-state index < -0.39 is 0 Å². The largest absolute Gasteiger partial charge is 0.309 e. The Bertz CT molecular complexity index is 442. The second-order valence-corrected chi connectivity index (χ2v) is 8.35. The summed E-state index contributed by atoms with van der Waals surface area (Å²) in [5, 5.41) is 3.64. The first-order valence-corrected chi connectivity index (χ1v) is 9.56. The molecule has 2 aliphatic rings. The average Bonchev–Trinajstić information content (AvgIpc) is 3.26. The van der Waals surface area contributed by atoms with Crippen molar-refractivity contribution in [3.8, 4) is 0 Å². The summed E-state index contributed by atoms with van der Waals surface area (Å²) in [5.74, 6) is 0. The molecular formula is C18H30N2S. The van der Waals surface area contributed by atoms with E-state index in [2.05, 4.69) is 30.3 Å². The highest BCUT2D eigenvalue weighted by molar-refractivity contribution is 7.12. The fourth-order valence-corrected chi connectivity index (χ4v) is 4.47. The van der Waals surface area contributed by atoms with E-state index in [-0.39, 0.29) is 0 Å². The lowest BCUT2D eigenvalue weighted by molar-refractivity contribution is 0.213. The topological polar surface area (TPSA) is 15.3 Å². The molecule has 0 saturated heterocycles. The second kappa shape index (κ2) is 7.26. The summed E-state index contributed by atoms with van der Waals surface area (Å²) < 4.78 is 0. The van der Waals surface area contributed by atoms with Crippen molar-refractivity contribution in [2.45, 2.75) is 83.5 Å². The van der Waals surface area contributed by atoms with E-state index in [1.807, 2.05) is 11.3 Å². The minimum absolute atomic E-state index is 0.805. The average molecular weight is 307 g/mol. The van der Waals surface area contributed by atoms with Crippen molar-refractivity contribution < 1.29 is 0 Å². The fourth-order valence-electron chi connectivity index (χ4n) is 3.46. The van der Waals surface area contributed by atoms with Crippen LogP contribution in [0.5, 0.6) is 0 Å². The predicted molar refractivity (Wildman–Crippen MR) is 91.9 cm³/mol. The highest BCUT2D eigenvalue weighted by Gasteiger charge is 2.21. The molecule has 1 N–H and O–H groups in total. The molecule has 0 spiro atoms. The second-order valence-electron chi connectivity index (χ2n) is 7.01. The third-order valence-electron chi connectivity index (χ3n) is 5.08. The third kappa shape index (κ3) is 4.54. The van der Waals surface area contributed by atoms with Crippen LogP contribution < -0.4 is 5.32 Å². The number of hydrogen-bond acceptors (Lipinski definition) is 3. The minimum Gasteiger partial charge on any atom is -0.309 e. The Balaban J connectivity index is 1.55. The Hall–Kier alpha value is -0.380. The number of aryl methyl sites for hydroxylation is 1. The molecule has 21 heavy (non-hydrogen) atoms. The molecule has 3 heteroatoms. The number of nitrogens with one attached hydrogen (secondary N) is 1. The first-order valence-electron chi connectivity index (χ1n) is 8.74. The lowest BCUT2D eigenvalue weighted by atomic mass is 10.1. The molecule has 0 amide bonds. The molecule has 0 aliphatic heterocycles. The van der Waals surface area contributed by atoms with Crippen molar-refractivity contribution in [1.29, 1.82) is 0 Å². The first kappa shape index (κ1) is 15.5. The van der Waals surface area contributed by atoms with Gasteiger partial charge in [-0.2, -0.15) is 0 Å². The normalized spacial score (nSPS) is 20.9. The van der Waals surface area contributed by atoms with Crippen molar-refractivity contribution in [2.75, 3.05) is 7.05 Å². The van der Waals surface area contributed by atoms with Gasteiger partial charge in [-0.05, 0) is 51.3 Å². The fraction of sp³-hybridized carbons (Fsp3) is 0.778. The zero-order valence-electron chi connectivity index (χ0n) is 13.7. The van der Waals surface area contributed by atoms with Crippen molar-refractivity contribution >= 4 is 11.3 Å². The molecule has 1 aromatic rings. The monoisotopic (exact) mass is 306 g/mol. The van der Waals surface area contributed by atoms with Crippen molar-refractivity contribution in [3.05, 3.63) is 21.4 Å². The van der Waals surface area contributed by atoms with Crippen LogP contribution in [0.1, 0.15) is 66.7 Å². The van der Waals surface area contributed by atoms with Crippen LogP contribution in [-0.2, 0) is 13.1 Å². The molecule has 118 valence electrons. The van der Waals surface area contributed by atoms with Gasteiger partial charge in [0.25, 0.3) is 0 Å². The van der Waals surface area contributed by atoms with Crippen LogP contribution in [-0.4, -0.2) is 24.0 Å². The number of hydrogen-bond donors (Lipinski definition) is 1. The Labute approximate surface area is 133 Å². The van der Waals surface area contributed by atoms with Crippen LogP contribution in [0.3, 0.4) is 0 Å². The molecule has 3 rings (SSSR count). The summed E-state index contributed by atoms with van der Waals surface area (Å²) >= 11 is 1.99. The van der Waals surface area contributed by atoms with Crippen LogP contribution in [0.2, 0.25) is 0 Å². The molecule has 0 atom stereocenters. The first-order chi connectivity index (χ1) is 10.2. The molecule has 2 aliphatic carbocycles. The molecule has 2 fully saturated rings. The van der Waals surface area contributed by atoms with Gasteiger partial charge < -0.3 is 5.32 Å². The minimum atomic E-state index is 0.805. The quantitative estimate of drug-likeness (QED) is 0.780. The molecule has 1 aromatic heterocycles. The van der Waals surface area contributed by atoms with Gasteiger partial charge in [0.05, 0.1) is 0 Å². The van der Waals surface area contributed by atoms with E-state index in [1.165, 1.54) is 61.1 Å². The van der Waals surface area contributed by atoms with Crippen LogP contribution in [0.15, 0.2) is 6.07 Å². The van der Waals surface area contributed by atoms with Crippen molar-refractivity contribution in [3.63, 3.8) is 0 Å². The van der Waals surface area contributed by atoms with Crippen molar-refractivity contribution in [2.24, 2.45) is 0 Å². The van der Waals surface area contributed by atoms with Gasteiger partial charge in [-0.15, -0.1) is 11.3 Å². The Kier molecular flexibility index (Phi) is 5.36. The Morgan fingerprint density at radius 1 is 1.14 bits per heavy atom. The highest BCUT2D eigenvalue weighted by atomic mass is 32.1. The van der Waals surface area contributed by atoms with Gasteiger partial charge in [-0.3, -0.25) is 4.90 Å². The summed E-state index contributed by atoms with van der Waals surface area (Å²) in [4.78, 5) is 5.64. The van der Waals surface area contributed by atoms with Gasteiger partial charge in [0, 0.05) is 34.9 Å². The van der Waals surface area contributed by atoms with Gasteiger partial charge >= 0.3 is 0 Å². The molecule has 0 bridgehead atoms. The third-order valence-corrected chi connectivity index (χ3v) is 6.17. The van der Waals surface area contributed by atoms with Crippen LogP contribution >= 0.6 is 11.3 Å². The summed E-state index contributed by atoms with van der Waals surface area (Å²) in [6.07, 6.45) is 11.3. The molecule has 0 radical (unpaired) electrons. The van der Waals surface area contributed by atoms with Crippen molar-refractivity contribution in [1.82, 2.24) is 10.2 Å². The highest BCUT2D eigenvalue weighted by Crippen LogP contribution is 2.27. The molecule has 1 heterocycles. The van der Waals surface area contributed by atoms with E-state index in [0.29, 0.717) is 0 Å². The van der Waals surface area contributed by atoms with E-state index >= 15 is 0 Å². The maximum Gasteiger partial charge on any atom is 0.0302 e. The standard InChI is InChI=1S/C18H30N2S/c1-14-15(11-18(21-14)12-19-16-9-10-16)13-20(2)17-7-5-3-4-6-8-17/h11,16-17,19H,3-10,12-13H2,1-2H3. The lowest BCUT2D eigenvalue weighted by Crippen LogP contribution is -2.30. The number of thiophene rings is 1. The summed E-state index contributed by atoms with van der Waals surface area (Å²) in [6, 6.07) is 4.06. The maximum atomic E-state index is 3.64. The van der Waals surface area contributed by atoms with Crippen LogP contribution in [0.4, 0.5) is 0 Å². The van der Waals surface area contributed by atoms with E-state index in [4.69, 9.17) is 0 Å². The number of rotatable bonds is 6. The molecule has 2 nitrogen and oxygen atoms in total. The Morgan fingerprint density at radius 3 is 2.52 bits per heavy atom. The smallest absolute Gasteiger partial charge is 0.0302 e. The van der Waals surface area contributed by atoms with Crippen LogP contribution in [0, 0.1) is 6.92 Å². The predicted octanol–water partition coefficient (Wildman–Crippen LogP) is 4.46. The van der Waals surface area contributed by atoms with Crippen LogP contribution in [0.25, 0.3) is 0 Å². The summed E-state index contributed by atoms with van der Waals surface area (Å²) in [7, 11) is 2.33. The van der Waals surface area contributed by atoms with E-state index in [0.717, 1.165) is 25.2 Å². The van der Waals surface area contributed by atoms with E-state index in [1.54, 1.807) is 5.56 Å². The summed E-state index contributed by atoms with van der Waals surface area (Å²) in [6.45, 7) is 4.50. The van der Waals surface area contributed by atoms with Gasteiger partial charge in [0.15, 0.2) is 0 Å². The summed E-state index contributed by atoms with van der Waals surface area (Å²) in [5.41, 5.74) is 1.55. The zero-order valence-corrected chi connectivity index (χ0v) is 14.5. The molecule has 0 aromatic carbocycles. The van der Waals surface area contributed by atoms with Gasteiger partial charge in [0.1, 0.15) is 0 Å². The van der Waals surface area contributed by atoms with Gasteiger partial charge in [0.2, 0.25) is 0 Å². The lowest BCUT2D eigenvalue weighted by Gasteiger charge is -2.27. The van der Waals surface area contributed by atoms with Gasteiger partial charge in [-0.25, -0.2) is 0 Å². The maximum absolute atomic E-state index is 3.64. The molecule has 2 saturated carbocycles.